The summed E-state index contributed by atoms with van der Waals surface area (Å²) in [6.07, 6.45) is 11.2. The fourth-order valence-corrected chi connectivity index (χ4v) is 8.95. The van der Waals surface area contributed by atoms with E-state index in [1.807, 2.05) is 38.1 Å². The third-order valence-electron chi connectivity index (χ3n) is 11.6. The SMILES string of the molecule is COCCOCCN1C(=CC=C2CCCC(C=CC3=[N+](CCOCCOC)c4ccc(S(=O)(=O)[O-])cc4C3(C)C)=C2Oc2ccc(N=C=S)cc2)C(C)(C)c2cc(C)ccc21. The van der Waals surface area contributed by atoms with E-state index in [-0.39, 0.29) is 10.3 Å². The first-order chi connectivity index (χ1) is 29.2. The zero-order valence-corrected chi connectivity index (χ0v) is 37.9. The summed E-state index contributed by atoms with van der Waals surface area (Å²) in [5.74, 6) is 1.43. The van der Waals surface area contributed by atoms with Gasteiger partial charge in [-0.15, -0.1) is 0 Å². The maximum atomic E-state index is 12.1. The van der Waals surface area contributed by atoms with Crippen LogP contribution in [-0.4, -0.2) is 95.4 Å². The first-order valence-electron chi connectivity index (χ1n) is 20.7. The zero-order valence-electron chi connectivity index (χ0n) is 36.3. The minimum Gasteiger partial charge on any atom is -0.744 e. The number of rotatable bonds is 19. The second kappa shape index (κ2) is 20.1. The highest BCUT2D eigenvalue weighted by Crippen LogP contribution is 2.48. The van der Waals surface area contributed by atoms with Crippen LogP contribution < -0.4 is 9.64 Å². The molecule has 6 rings (SSSR count). The molecule has 13 heteroatoms. The van der Waals surface area contributed by atoms with Crippen molar-refractivity contribution in [3.05, 3.63) is 124 Å². The number of fused-ring (bicyclic) bond motifs is 2. The Bertz CT molecular complexity index is 2410. The number of nitrogens with zero attached hydrogens (tertiary/aromatic N) is 3. The number of allylic oxidation sites excluding steroid dienone is 7. The number of methoxy groups -OCH3 is 2. The van der Waals surface area contributed by atoms with Gasteiger partial charge in [0.15, 0.2) is 12.3 Å². The first kappa shape index (κ1) is 46.0. The summed E-state index contributed by atoms with van der Waals surface area (Å²) in [6, 6.07) is 18.7. The van der Waals surface area contributed by atoms with Crippen LogP contribution in [0.2, 0.25) is 0 Å². The summed E-state index contributed by atoms with van der Waals surface area (Å²) in [7, 11) is -1.35. The van der Waals surface area contributed by atoms with Gasteiger partial charge in [0.05, 0.1) is 54.2 Å². The van der Waals surface area contributed by atoms with Gasteiger partial charge in [0.25, 0.3) is 0 Å². The van der Waals surface area contributed by atoms with E-state index in [4.69, 9.17) is 35.9 Å². The smallest absolute Gasteiger partial charge is 0.209 e. The molecule has 61 heavy (non-hydrogen) atoms. The van der Waals surface area contributed by atoms with Crippen molar-refractivity contribution in [3.63, 3.8) is 0 Å². The summed E-state index contributed by atoms with van der Waals surface area (Å²) in [4.78, 5) is 6.24. The van der Waals surface area contributed by atoms with Crippen LogP contribution in [0.5, 0.6) is 5.75 Å². The Morgan fingerprint density at radius 3 is 2.26 bits per heavy atom. The average Bonchev–Trinajstić information content (AvgIpc) is 3.57. The highest BCUT2D eigenvalue weighted by atomic mass is 32.2. The maximum absolute atomic E-state index is 12.1. The third-order valence-corrected chi connectivity index (χ3v) is 12.5. The molecule has 3 aromatic carbocycles. The molecule has 0 saturated carbocycles. The summed E-state index contributed by atoms with van der Waals surface area (Å²) >= 11 is 4.83. The molecule has 0 atom stereocenters. The van der Waals surface area contributed by atoms with Crippen molar-refractivity contribution in [3.8, 4) is 5.75 Å². The molecule has 0 N–H and O–H groups in total. The Hall–Kier alpha value is -4.56. The minimum atomic E-state index is -4.66. The minimum absolute atomic E-state index is 0.251. The molecule has 2 heterocycles. The van der Waals surface area contributed by atoms with Crippen LogP contribution in [0.4, 0.5) is 17.1 Å². The number of aliphatic imine (C=N–C) groups is 1. The van der Waals surface area contributed by atoms with E-state index < -0.39 is 15.5 Å². The van der Waals surface area contributed by atoms with E-state index in [9.17, 15) is 13.0 Å². The molecule has 3 aromatic rings. The number of thiocarbonyl (C=S) groups is 1. The van der Waals surface area contributed by atoms with Crippen LogP contribution in [0.25, 0.3) is 0 Å². The van der Waals surface area contributed by atoms with E-state index in [2.05, 4.69) is 82.9 Å². The largest absolute Gasteiger partial charge is 0.744 e. The van der Waals surface area contributed by atoms with E-state index in [0.29, 0.717) is 64.2 Å². The molecule has 11 nitrogen and oxygen atoms in total. The third kappa shape index (κ3) is 10.6. The lowest BCUT2D eigenvalue weighted by Crippen LogP contribution is -2.29. The molecule has 1 aliphatic carbocycles. The van der Waals surface area contributed by atoms with Crippen molar-refractivity contribution in [1.29, 1.82) is 0 Å². The molecule has 0 aromatic heterocycles. The Morgan fingerprint density at radius 1 is 0.852 bits per heavy atom. The molecule has 324 valence electrons. The molecular weight excluding hydrogens is 811 g/mol. The highest BCUT2D eigenvalue weighted by molar-refractivity contribution is 7.85. The van der Waals surface area contributed by atoms with Gasteiger partial charge in [0.2, 0.25) is 5.69 Å². The fraction of sp³-hybridized carbons (Fsp3) is 0.417. The van der Waals surface area contributed by atoms with Gasteiger partial charge in [-0.3, -0.25) is 0 Å². The number of benzene rings is 3. The summed E-state index contributed by atoms with van der Waals surface area (Å²) < 4.78 is 67.7. The van der Waals surface area contributed by atoms with Crippen molar-refractivity contribution in [1.82, 2.24) is 0 Å². The Kier molecular flexibility index (Phi) is 15.1. The summed E-state index contributed by atoms with van der Waals surface area (Å²) in [5.41, 5.74) is 9.21. The van der Waals surface area contributed by atoms with E-state index >= 15 is 0 Å². The van der Waals surface area contributed by atoms with E-state index in [1.165, 1.54) is 34.6 Å². The number of aryl methyl sites for hydroxylation is 1. The van der Waals surface area contributed by atoms with Gasteiger partial charge in [0.1, 0.15) is 28.2 Å². The topological polar surface area (TPSA) is 122 Å². The molecule has 3 aliphatic rings. The zero-order chi connectivity index (χ0) is 43.8. The van der Waals surface area contributed by atoms with Crippen LogP contribution in [0, 0.1) is 6.92 Å². The molecule has 0 amide bonds. The lowest BCUT2D eigenvalue weighted by Gasteiger charge is -2.27. The van der Waals surface area contributed by atoms with Crippen molar-refractivity contribution in [2.24, 2.45) is 4.99 Å². The van der Waals surface area contributed by atoms with Gasteiger partial charge in [-0.2, -0.15) is 9.57 Å². The van der Waals surface area contributed by atoms with Gasteiger partial charge in [0, 0.05) is 55.3 Å². The molecule has 2 aliphatic heterocycles. The lowest BCUT2D eigenvalue weighted by molar-refractivity contribution is -0.442. The quantitative estimate of drug-likeness (QED) is 0.0380. The second-order valence-corrected chi connectivity index (χ2v) is 17.9. The number of hydrogen-bond acceptors (Lipinski definition) is 11. The van der Waals surface area contributed by atoms with Gasteiger partial charge in [-0.1, -0.05) is 37.6 Å². The summed E-state index contributed by atoms with van der Waals surface area (Å²) in [5, 5.41) is 2.43. The Morgan fingerprint density at radius 2 is 1.57 bits per heavy atom. The molecule has 0 spiro atoms. The normalized spacial score (nSPS) is 18.3. The number of isothiocyanates is 1. The van der Waals surface area contributed by atoms with Crippen molar-refractivity contribution in [2.45, 2.75) is 69.6 Å². The van der Waals surface area contributed by atoms with Gasteiger partial charge < -0.3 is 33.1 Å². The van der Waals surface area contributed by atoms with E-state index in [1.54, 1.807) is 20.3 Å². The van der Waals surface area contributed by atoms with Crippen molar-refractivity contribution < 1.29 is 41.2 Å². The second-order valence-electron chi connectivity index (χ2n) is 16.4. The number of hydrogen-bond donors (Lipinski definition) is 0. The lowest BCUT2D eigenvalue weighted by atomic mass is 9.81. The predicted molar refractivity (Wildman–Crippen MR) is 242 cm³/mol. The molecular formula is C48H57N3O8S2. The molecule has 0 bridgehead atoms. The van der Waals surface area contributed by atoms with Crippen LogP contribution >= 0.6 is 12.2 Å². The standard InChI is InChI=1S/C48H57N3O8S2/c1-34-11-19-42-40(31-34)47(2,3)44(50(42)23-25-57-29-27-55-6)21-12-35-9-8-10-36(46(35)59-38-16-14-37(15-17-38)49-33-60)13-22-45-48(4,5)41-32-39(61(52,53)54)18-20-43(41)51(45)24-26-58-30-28-56-7/h11-22,31-32H,8-10,23-30H2,1-7H3. The first-order valence-corrected chi connectivity index (χ1v) is 22.5. The van der Waals surface area contributed by atoms with Crippen molar-refractivity contribution in [2.75, 3.05) is 71.9 Å². The highest BCUT2D eigenvalue weighted by Gasteiger charge is 2.45. The number of anilines is 1. The van der Waals surface area contributed by atoms with Gasteiger partial charge in [-0.25, -0.2) is 8.42 Å². The Balaban J connectivity index is 1.44. The van der Waals surface area contributed by atoms with Gasteiger partial charge in [-0.05, 0) is 124 Å². The van der Waals surface area contributed by atoms with Crippen molar-refractivity contribution >= 4 is 50.3 Å². The number of ether oxygens (including phenoxy) is 5. The van der Waals surface area contributed by atoms with Gasteiger partial charge >= 0.3 is 0 Å². The summed E-state index contributed by atoms with van der Waals surface area (Å²) in [6.45, 7) is 14.9. The fourth-order valence-electron chi connectivity index (χ4n) is 8.35. The molecule has 0 unspecified atom stereocenters. The predicted octanol–water partition coefficient (Wildman–Crippen LogP) is 9.02. The van der Waals surface area contributed by atoms with E-state index in [0.717, 1.165) is 53.1 Å². The molecule has 0 saturated heterocycles. The Labute approximate surface area is 366 Å². The average molecular weight is 868 g/mol. The van der Waals surface area contributed by atoms with Crippen LogP contribution in [0.3, 0.4) is 0 Å². The monoisotopic (exact) mass is 867 g/mol. The maximum Gasteiger partial charge on any atom is 0.209 e. The van der Waals surface area contributed by atoms with Crippen LogP contribution in [0.15, 0.2) is 117 Å². The van der Waals surface area contributed by atoms with Crippen LogP contribution in [-0.2, 0) is 39.9 Å². The van der Waals surface area contributed by atoms with Crippen LogP contribution in [0.1, 0.15) is 63.6 Å². The molecule has 0 fully saturated rings. The molecule has 0 radical (unpaired) electrons.